The minimum Gasteiger partial charge on any atom is -0.394 e. The van der Waals surface area contributed by atoms with Crippen molar-refractivity contribution < 1.29 is 89.4 Å². The predicted molar refractivity (Wildman–Crippen MR) is 356 cm³/mol. The fraction of sp³-hybridized carbons (Fsp3) is 0.875. The van der Waals surface area contributed by atoms with Gasteiger partial charge in [0.25, 0.3) is 0 Å². The zero-order valence-electron chi connectivity index (χ0n) is 56.3. The Bertz CT molecular complexity index is 1840. The number of allylic oxidation sites excluding steroid dienone is 7. The lowest BCUT2D eigenvalue weighted by molar-refractivity contribution is -0.379. The Balaban J connectivity index is 1.44. The fourth-order valence-corrected chi connectivity index (χ4v) is 12.2. The van der Waals surface area contributed by atoms with Crippen LogP contribution >= 0.6 is 0 Å². The number of unbranched alkanes of at least 4 members (excludes halogenated alkanes) is 34. The van der Waals surface area contributed by atoms with Gasteiger partial charge >= 0.3 is 0 Å². The highest BCUT2D eigenvalue weighted by molar-refractivity contribution is 5.76. The lowest BCUT2D eigenvalue weighted by Crippen LogP contribution is -2.66. The average molecular weight is 1300 g/mol. The predicted octanol–water partition coefficient (Wildman–Crippen LogP) is 10.2. The molecule has 0 aromatic carbocycles. The third-order valence-corrected chi connectivity index (χ3v) is 18.1. The van der Waals surface area contributed by atoms with E-state index >= 15 is 0 Å². The molecule has 19 nitrogen and oxygen atoms in total. The molecule has 3 rings (SSSR count). The summed E-state index contributed by atoms with van der Waals surface area (Å²) in [5, 5.41) is 121. The van der Waals surface area contributed by atoms with Gasteiger partial charge in [-0.15, -0.1) is 0 Å². The highest BCUT2D eigenvalue weighted by atomic mass is 16.8. The molecule has 12 N–H and O–H groups in total. The number of hydrogen-bond donors (Lipinski definition) is 12. The molecular weight excluding hydrogens is 1170 g/mol. The lowest BCUT2D eigenvalue weighted by Gasteiger charge is -2.48. The van der Waals surface area contributed by atoms with Crippen molar-refractivity contribution in [1.29, 1.82) is 0 Å². The first kappa shape index (κ1) is 83.0. The van der Waals surface area contributed by atoms with Crippen molar-refractivity contribution in [3.8, 4) is 0 Å². The monoisotopic (exact) mass is 1300 g/mol. The van der Waals surface area contributed by atoms with E-state index in [1.165, 1.54) is 180 Å². The highest BCUT2D eigenvalue weighted by Crippen LogP contribution is 2.33. The van der Waals surface area contributed by atoms with Crippen molar-refractivity contribution in [3.63, 3.8) is 0 Å². The fourth-order valence-electron chi connectivity index (χ4n) is 12.2. The summed E-state index contributed by atoms with van der Waals surface area (Å²) in [6.45, 7) is 1.73. The molecule has 17 unspecified atom stereocenters. The van der Waals surface area contributed by atoms with E-state index in [9.17, 15) is 61.0 Å². The zero-order chi connectivity index (χ0) is 66.1. The molecule has 3 fully saturated rings. The maximum absolute atomic E-state index is 13.4. The topological polar surface area (TPSA) is 307 Å². The van der Waals surface area contributed by atoms with Gasteiger partial charge in [-0.25, -0.2) is 0 Å². The molecule has 1 amide bonds. The Morgan fingerprint density at radius 3 is 1.16 bits per heavy atom. The first-order valence-electron chi connectivity index (χ1n) is 36.4. The zero-order valence-corrected chi connectivity index (χ0v) is 56.3. The summed E-state index contributed by atoms with van der Waals surface area (Å²) < 4.78 is 34.4. The second-order valence-electron chi connectivity index (χ2n) is 26.0. The van der Waals surface area contributed by atoms with Crippen molar-refractivity contribution >= 4 is 5.91 Å². The first-order chi connectivity index (χ1) is 44.3. The molecule has 3 heterocycles. The largest absolute Gasteiger partial charge is 0.394 e. The number of nitrogens with one attached hydrogen (secondary N) is 1. The van der Waals surface area contributed by atoms with Gasteiger partial charge in [-0.1, -0.05) is 249 Å². The van der Waals surface area contributed by atoms with Crippen LogP contribution in [0.2, 0.25) is 0 Å². The maximum atomic E-state index is 13.4. The number of ether oxygens (including phenoxy) is 6. The van der Waals surface area contributed by atoms with Gasteiger partial charge in [0.15, 0.2) is 18.9 Å². The molecule has 3 aliphatic heterocycles. The second-order valence-corrected chi connectivity index (χ2v) is 26.0. The SMILES string of the molecule is CCCCCCC/C=C\C/C=C\CCCCCCCCCCCC(=O)NC(COC1OC(CO)C(OC2OC(CO)C(OC3OC(CO)C(O)C(O)C3O)C(O)C2O)C(O)C1O)C(O)/C=C/CC/C=C/CCCCCCCCCCCCCCCCCCCCC. The molecule has 0 aliphatic carbocycles. The first-order valence-corrected chi connectivity index (χ1v) is 36.4. The van der Waals surface area contributed by atoms with Gasteiger partial charge in [0.2, 0.25) is 5.91 Å². The van der Waals surface area contributed by atoms with E-state index in [2.05, 4.69) is 55.6 Å². The molecule has 19 heteroatoms. The quantitative estimate of drug-likeness (QED) is 0.0199. The number of aliphatic hydroxyl groups excluding tert-OH is 11. The Labute approximate surface area is 548 Å². The second kappa shape index (κ2) is 53.8. The van der Waals surface area contributed by atoms with Gasteiger partial charge in [0.05, 0.1) is 38.6 Å². The van der Waals surface area contributed by atoms with Crippen LogP contribution < -0.4 is 5.32 Å². The van der Waals surface area contributed by atoms with Crippen LogP contribution in [0.3, 0.4) is 0 Å². The average Bonchev–Trinajstić information content (AvgIpc) is 0.883. The molecule has 0 spiro atoms. The third-order valence-electron chi connectivity index (χ3n) is 18.1. The van der Waals surface area contributed by atoms with Crippen molar-refractivity contribution in [2.75, 3.05) is 26.4 Å². The number of amides is 1. The number of rotatable bonds is 56. The molecule has 532 valence electrons. The number of carbonyl (C=O) groups excluding carboxylic acids is 1. The molecule has 0 saturated carbocycles. The summed E-state index contributed by atoms with van der Waals surface area (Å²) in [4.78, 5) is 13.4. The molecule has 0 bridgehead atoms. The van der Waals surface area contributed by atoms with Crippen LogP contribution in [0.15, 0.2) is 48.6 Å². The van der Waals surface area contributed by atoms with Crippen molar-refractivity contribution in [3.05, 3.63) is 48.6 Å². The molecule has 91 heavy (non-hydrogen) atoms. The minimum atomic E-state index is -1.98. The summed E-state index contributed by atoms with van der Waals surface area (Å²) in [7, 11) is 0. The number of aliphatic hydroxyl groups is 11. The van der Waals surface area contributed by atoms with E-state index in [4.69, 9.17) is 28.4 Å². The van der Waals surface area contributed by atoms with Crippen molar-refractivity contribution in [2.45, 2.75) is 375 Å². The summed E-state index contributed by atoms with van der Waals surface area (Å²) in [6, 6.07) is -0.994. The molecule has 3 aliphatic rings. The summed E-state index contributed by atoms with van der Waals surface area (Å²) in [6.07, 6.45) is 38.0. The molecule has 17 atom stereocenters. The Kier molecular flexibility index (Phi) is 49.1. The Morgan fingerprint density at radius 2 is 0.736 bits per heavy atom. The van der Waals surface area contributed by atoms with Gasteiger partial charge in [-0.05, 0) is 64.2 Å². The molecule has 0 aromatic heterocycles. The van der Waals surface area contributed by atoms with Crippen LogP contribution in [0.4, 0.5) is 0 Å². The molecule has 3 saturated heterocycles. The molecule has 0 aromatic rings. The minimum absolute atomic E-state index is 0.230. The van der Waals surface area contributed by atoms with E-state index in [1.54, 1.807) is 6.08 Å². The smallest absolute Gasteiger partial charge is 0.220 e. The summed E-state index contributed by atoms with van der Waals surface area (Å²) in [5.41, 5.74) is 0. The molecule has 0 radical (unpaired) electrons. The van der Waals surface area contributed by atoms with Crippen molar-refractivity contribution in [2.24, 2.45) is 0 Å². The van der Waals surface area contributed by atoms with E-state index in [-0.39, 0.29) is 18.9 Å². The van der Waals surface area contributed by atoms with E-state index in [0.717, 1.165) is 57.8 Å². The van der Waals surface area contributed by atoms with Crippen LogP contribution in [-0.4, -0.2) is 193 Å². The van der Waals surface area contributed by atoms with Crippen LogP contribution in [0, 0.1) is 0 Å². The Morgan fingerprint density at radius 1 is 0.396 bits per heavy atom. The van der Waals surface area contributed by atoms with Gasteiger partial charge in [-0.3, -0.25) is 4.79 Å². The third kappa shape index (κ3) is 35.5. The number of hydrogen-bond acceptors (Lipinski definition) is 18. The summed E-state index contributed by atoms with van der Waals surface area (Å²) >= 11 is 0. The summed E-state index contributed by atoms with van der Waals surface area (Å²) in [5.74, 6) is -0.288. The van der Waals surface area contributed by atoms with E-state index in [1.807, 2.05) is 6.08 Å². The van der Waals surface area contributed by atoms with Crippen molar-refractivity contribution in [1.82, 2.24) is 5.32 Å². The van der Waals surface area contributed by atoms with Crippen LogP contribution in [0.5, 0.6) is 0 Å². The van der Waals surface area contributed by atoms with Crippen LogP contribution in [-0.2, 0) is 33.2 Å². The van der Waals surface area contributed by atoms with Gasteiger partial charge < -0.3 is 89.9 Å². The van der Waals surface area contributed by atoms with Crippen LogP contribution in [0.25, 0.3) is 0 Å². The molecular formula is C72H131NO18. The van der Waals surface area contributed by atoms with E-state index in [0.29, 0.717) is 12.8 Å². The van der Waals surface area contributed by atoms with Gasteiger partial charge in [0, 0.05) is 6.42 Å². The van der Waals surface area contributed by atoms with E-state index < -0.39 is 124 Å². The maximum Gasteiger partial charge on any atom is 0.220 e. The van der Waals surface area contributed by atoms with Gasteiger partial charge in [0.1, 0.15) is 73.2 Å². The standard InChI is InChI=1S/C72H131NO18/c1-3-5-7-9-11-13-15-17-19-21-23-25-26-27-28-30-31-33-35-37-39-41-43-45-47-49-56(77)55(73-60(78)50-48-46-44-42-40-38-36-34-32-29-24-22-20-18-16-14-12-10-8-6-4-2)54-86-70-66(84)63(81)68(58(52-75)88-70)91-72-67(85)64(82)69(59(53-76)89-72)90-71-65(83)62(80)61(79)57(51-74)87-71/h16,18,22,24,39,41,47,49,55-59,61-72,74-77,79-85H,3-15,17,19-21,23,25-38,40,42-46,48,50-54H2,1-2H3,(H,73,78)/b18-16-,24-22-,41-39+,49-47+. The lowest BCUT2D eigenvalue weighted by atomic mass is 9.96. The number of carbonyl (C=O) groups is 1. The highest BCUT2D eigenvalue weighted by Gasteiger charge is 2.53. The van der Waals surface area contributed by atoms with Crippen LogP contribution in [0.1, 0.15) is 271 Å². The Hall–Kier alpha value is -2.25. The normalized spacial score (nSPS) is 28.1. The van der Waals surface area contributed by atoms with Gasteiger partial charge in [-0.2, -0.15) is 0 Å².